The van der Waals surface area contributed by atoms with E-state index in [4.69, 9.17) is 0 Å². The van der Waals surface area contributed by atoms with Gasteiger partial charge in [0.2, 0.25) is 0 Å². The van der Waals surface area contributed by atoms with E-state index in [9.17, 15) is 14.7 Å². The molecule has 0 atom stereocenters. The Kier molecular flexibility index (Phi) is 4.70. The van der Waals surface area contributed by atoms with E-state index in [2.05, 4.69) is 26.3 Å². The number of fused-ring (bicyclic) bond motifs is 1. The maximum absolute atomic E-state index is 12.5. The molecule has 0 saturated heterocycles. The number of anilines is 1. The third kappa shape index (κ3) is 3.54. The van der Waals surface area contributed by atoms with E-state index in [1.807, 2.05) is 12.1 Å². The Labute approximate surface area is 168 Å². The van der Waals surface area contributed by atoms with Crippen LogP contribution in [0.5, 0.6) is 5.75 Å². The van der Waals surface area contributed by atoms with Crippen LogP contribution >= 0.6 is 15.9 Å². The number of nitrogens with zero attached hydrogens (tertiary/aromatic N) is 3. The van der Waals surface area contributed by atoms with Crippen molar-refractivity contribution in [2.45, 2.75) is 6.54 Å². The van der Waals surface area contributed by atoms with Gasteiger partial charge in [0.05, 0.1) is 12.1 Å². The number of pyridine rings is 1. The zero-order chi connectivity index (χ0) is 19.7. The normalized spacial score (nSPS) is 10.9. The van der Waals surface area contributed by atoms with E-state index in [-0.39, 0.29) is 23.5 Å². The molecule has 0 aliphatic rings. The van der Waals surface area contributed by atoms with Gasteiger partial charge in [0, 0.05) is 16.4 Å². The summed E-state index contributed by atoms with van der Waals surface area (Å²) in [4.78, 5) is 24.9. The first-order valence-corrected chi connectivity index (χ1v) is 9.23. The number of phenols is 1. The van der Waals surface area contributed by atoms with Gasteiger partial charge in [-0.25, -0.2) is 9.48 Å². The van der Waals surface area contributed by atoms with Crippen LogP contribution in [0.3, 0.4) is 0 Å². The Morgan fingerprint density at radius 1 is 1.11 bits per heavy atom. The van der Waals surface area contributed by atoms with Crippen LogP contribution in [0.15, 0.2) is 76.1 Å². The van der Waals surface area contributed by atoms with E-state index >= 15 is 0 Å². The van der Waals surface area contributed by atoms with Crippen molar-refractivity contribution in [2.75, 3.05) is 5.32 Å². The van der Waals surface area contributed by atoms with Gasteiger partial charge in [0.25, 0.3) is 5.91 Å². The molecule has 0 bridgehead atoms. The molecule has 28 heavy (non-hydrogen) atoms. The van der Waals surface area contributed by atoms with Gasteiger partial charge in [0.1, 0.15) is 5.75 Å². The van der Waals surface area contributed by atoms with Gasteiger partial charge in [-0.05, 0) is 48.0 Å². The fraction of sp³-hybridized carbons (Fsp3) is 0.0500. The summed E-state index contributed by atoms with van der Waals surface area (Å²) >= 11 is 3.29. The summed E-state index contributed by atoms with van der Waals surface area (Å²) in [6.45, 7) is 0.270. The van der Waals surface area contributed by atoms with Crippen molar-refractivity contribution in [1.82, 2.24) is 14.2 Å². The zero-order valence-electron chi connectivity index (χ0n) is 14.5. The third-order valence-corrected chi connectivity index (χ3v) is 4.70. The molecule has 4 aromatic rings. The van der Waals surface area contributed by atoms with Crippen molar-refractivity contribution < 1.29 is 9.90 Å². The second kappa shape index (κ2) is 7.32. The number of halogens is 1. The number of benzene rings is 2. The van der Waals surface area contributed by atoms with E-state index in [0.717, 1.165) is 5.56 Å². The van der Waals surface area contributed by atoms with Gasteiger partial charge in [0.15, 0.2) is 5.65 Å². The summed E-state index contributed by atoms with van der Waals surface area (Å²) in [5.41, 5.74) is 1.86. The number of nitrogens with one attached hydrogen (secondary N) is 1. The molecule has 2 heterocycles. The van der Waals surface area contributed by atoms with E-state index in [1.165, 1.54) is 15.1 Å². The number of aromatic nitrogens is 3. The Balaban J connectivity index is 1.57. The molecule has 7 nitrogen and oxygen atoms in total. The number of carbonyl (C=O) groups excluding carboxylic acids is 1. The van der Waals surface area contributed by atoms with Crippen LogP contribution in [0.1, 0.15) is 15.9 Å². The van der Waals surface area contributed by atoms with Crippen LogP contribution in [0.2, 0.25) is 0 Å². The first-order valence-electron chi connectivity index (χ1n) is 8.44. The van der Waals surface area contributed by atoms with Crippen molar-refractivity contribution in [3.05, 3.63) is 92.9 Å². The minimum absolute atomic E-state index is 0.104. The van der Waals surface area contributed by atoms with Crippen LogP contribution in [0, 0.1) is 0 Å². The lowest BCUT2D eigenvalue weighted by molar-refractivity contribution is 0.102. The number of phenolic OH excluding ortho intramolecular Hbond substituents is 1. The Morgan fingerprint density at radius 2 is 1.96 bits per heavy atom. The maximum atomic E-state index is 12.5. The topological polar surface area (TPSA) is 88.6 Å². The van der Waals surface area contributed by atoms with E-state index in [1.54, 1.807) is 48.7 Å². The van der Waals surface area contributed by atoms with Crippen molar-refractivity contribution in [3.63, 3.8) is 0 Å². The summed E-state index contributed by atoms with van der Waals surface area (Å²) in [6.07, 6.45) is 1.67. The highest BCUT2D eigenvalue weighted by molar-refractivity contribution is 9.10. The second-order valence-corrected chi connectivity index (χ2v) is 7.10. The molecular formula is C20H15BrN4O3. The smallest absolute Gasteiger partial charge is 0.350 e. The molecule has 140 valence electrons. The number of rotatable bonds is 4. The SMILES string of the molecule is O=C(Nc1cccc(Cn2nc3ccccn3c2=O)c1)c1cc(Br)ccc1O. The molecule has 0 aliphatic heterocycles. The number of carbonyl (C=O) groups is 1. The van der Waals surface area contributed by atoms with E-state index in [0.29, 0.717) is 15.8 Å². The monoisotopic (exact) mass is 438 g/mol. The van der Waals surface area contributed by atoms with Gasteiger partial charge < -0.3 is 10.4 Å². The lowest BCUT2D eigenvalue weighted by Crippen LogP contribution is -2.21. The molecule has 2 aromatic carbocycles. The maximum Gasteiger partial charge on any atom is 0.350 e. The molecule has 0 aliphatic carbocycles. The van der Waals surface area contributed by atoms with Crippen molar-refractivity contribution in [3.8, 4) is 5.75 Å². The highest BCUT2D eigenvalue weighted by Gasteiger charge is 2.13. The minimum atomic E-state index is -0.430. The minimum Gasteiger partial charge on any atom is -0.507 e. The average molecular weight is 439 g/mol. The number of amides is 1. The van der Waals surface area contributed by atoms with Gasteiger partial charge in [-0.1, -0.05) is 34.1 Å². The predicted octanol–water partition coefficient (Wildman–Crippen LogP) is 3.26. The fourth-order valence-electron chi connectivity index (χ4n) is 2.88. The number of hydrogen-bond acceptors (Lipinski definition) is 4. The van der Waals surface area contributed by atoms with Gasteiger partial charge in [-0.15, -0.1) is 5.10 Å². The first kappa shape index (κ1) is 18.0. The zero-order valence-corrected chi connectivity index (χ0v) is 16.1. The van der Waals surface area contributed by atoms with Crippen LogP contribution in [0.4, 0.5) is 5.69 Å². The largest absolute Gasteiger partial charge is 0.507 e. The molecule has 0 unspecified atom stereocenters. The molecule has 0 radical (unpaired) electrons. The van der Waals surface area contributed by atoms with Crippen molar-refractivity contribution in [1.29, 1.82) is 0 Å². The Morgan fingerprint density at radius 3 is 2.79 bits per heavy atom. The second-order valence-electron chi connectivity index (χ2n) is 6.19. The van der Waals surface area contributed by atoms with Gasteiger partial charge >= 0.3 is 5.69 Å². The lowest BCUT2D eigenvalue weighted by Gasteiger charge is -2.09. The predicted molar refractivity (Wildman–Crippen MR) is 109 cm³/mol. The molecule has 0 saturated carbocycles. The third-order valence-electron chi connectivity index (χ3n) is 4.21. The molecule has 8 heteroatoms. The average Bonchev–Trinajstić information content (AvgIpc) is 3.00. The van der Waals surface area contributed by atoms with Crippen molar-refractivity contribution >= 4 is 33.2 Å². The van der Waals surface area contributed by atoms with E-state index < -0.39 is 5.91 Å². The molecule has 0 spiro atoms. The van der Waals surface area contributed by atoms with Crippen LogP contribution in [-0.2, 0) is 6.54 Å². The summed E-state index contributed by atoms with van der Waals surface area (Å²) < 4.78 is 3.54. The van der Waals surface area contributed by atoms with Gasteiger partial charge in [-0.3, -0.25) is 9.20 Å². The molecule has 0 fully saturated rings. The summed E-state index contributed by atoms with van der Waals surface area (Å²) in [6, 6.07) is 17.1. The Bertz CT molecular complexity index is 1250. The van der Waals surface area contributed by atoms with Crippen LogP contribution in [-0.4, -0.2) is 25.2 Å². The first-order chi connectivity index (χ1) is 13.5. The quantitative estimate of drug-likeness (QED) is 0.511. The van der Waals surface area contributed by atoms with Crippen LogP contribution < -0.4 is 11.0 Å². The molecule has 2 aromatic heterocycles. The highest BCUT2D eigenvalue weighted by atomic mass is 79.9. The summed E-state index contributed by atoms with van der Waals surface area (Å²) in [7, 11) is 0. The summed E-state index contributed by atoms with van der Waals surface area (Å²) in [5.74, 6) is -0.533. The Hall–Kier alpha value is -3.39. The van der Waals surface area contributed by atoms with Crippen molar-refractivity contribution in [2.24, 2.45) is 0 Å². The summed E-state index contributed by atoms with van der Waals surface area (Å²) in [5, 5.41) is 17.0. The van der Waals surface area contributed by atoms with Gasteiger partial charge in [-0.2, -0.15) is 0 Å². The van der Waals surface area contributed by atoms with Crippen LogP contribution in [0.25, 0.3) is 5.65 Å². The molecule has 4 rings (SSSR count). The standard InChI is InChI=1S/C20H15BrN4O3/c21-14-7-8-17(26)16(11-14)19(27)22-15-5-3-4-13(10-15)12-25-20(28)24-9-2-1-6-18(24)23-25/h1-11,26H,12H2,(H,22,27). The number of hydrogen-bond donors (Lipinski definition) is 2. The highest BCUT2D eigenvalue weighted by Crippen LogP contribution is 2.23. The number of aromatic hydroxyl groups is 1. The molecule has 2 N–H and O–H groups in total. The molecule has 1 amide bonds. The lowest BCUT2D eigenvalue weighted by atomic mass is 10.1. The fourth-order valence-corrected chi connectivity index (χ4v) is 3.24. The molecular weight excluding hydrogens is 424 g/mol.